The molecule has 0 aromatic heterocycles. The summed E-state index contributed by atoms with van der Waals surface area (Å²) in [6.07, 6.45) is -2.32. The second kappa shape index (κ2) is 14.9. The van der Waals surface area contributed by atoms with Crippen LogP contribution in [-0.4, -0.2) is 80.4 Å². The van der Waals surface area contributed by atoms with E-state index in [2.05, 4.69) is 38.4 Å². The van der Waals surface area contributed by atoms with Gasteiger partial charge in [-0.3, -0.25) is 0 Å². The molecule has 2 atom stereocenters. The van der Waals surface area contributed by atoms with Gasteiger partial charge in [0.05, 0.1) is 19.8 Å². The number of rotatable bonds is 13. The number of aliphatic carboxylic acids is 3. The average Bonchev–Trinajstić information content (AvgIpc) is 2.58. The maximum Gasteiger partial charge on any atom is 0.336 e. The van der Waals surface area contributed by atoms with Gasteiger partial charge >= 0.3 is 17.9 Å². The Hall–Kier alpha value is -1.05. The van der Waals surface area contributed by atoms with E-state index in [4.69, 9.17) is 34.6 Å². The van der Waals surface area contributed by atoms with E-state index in [1.54, 1.807) is 0 Å². The molecule has 0 aromatic rings. The van der Waals surface area contributed by atoms with Crippen LogP contribution in [0.15, 0.2) is 12.7 Å². The predicted molar refractivity (Wildman–Crippen MR) is 110 cm³/mol. The molecule has 0 fully saturated rings. The quantitative estimate of drug-likeness (QED) is 0.151. The summed E-state index contributed by atoms with van der Waals surface area (Å²) in [6, 6.07) is 0. The van der Waals surface area contributed by atoms with Gasteiger partial charge in [-0.1, -0.05) is 27.4 Å². The van der Waals surface area contributed by atoms with Crippen molar-refractivity contribution in [1.82, 2.24) is 0 Å². The van der Waals surface area contributed by atoms with E-state index >= 15 is 0 Å². The SMILES string of the molecule is C=CC(=O)O.CC(C)(C)C(Br)(Br)OCCOC(C(=O)O)C(OCCCO)C(=O)O. The second-order valence-electron chi connectivity index (χ2n) is 6.49. The zero-order chi connectivity index (χ0) is 23.3. The van der Waals surface area contributed by atoms with Gasteiger partial charge in [-0.05, 0) is 38.3 Å². The van der Waals surface area contributed by atoms with Crippen LogP contribution in [0.4, 0.5) is 0 Å². The summed E-state index contributed by atoms with van der Waals surface area (Å²) in [4.78, 5) is 31.7. The zero-order valence-corrected chi connectivity index (χ0v) is 19.6. The lowest BCUT2D eigenvalue weighted by Gasteiger charge is -2.34. The average molecular weight is 552 g/mol. The van der Waals surface area contributed by atoms with Crippen LogP contribution in [0.3, 0.4) is 0 Å². The molecule has 0 aliphatic carbocycles. The highest BCUT2D eigenvalue weighted by atomic mass is 79.9. The van der Waals surface area contributed by atoms with Crippen molar-refractivity contribution in [2.24, 2.45) is 5.41 Å². The summed E-state index contributed by atoms with van der Waals surface area (Å²) in [6.45, 7) is 8.34. The van der Waals surface area contributed by atoms with Crippen LogP contribution >= 0.6 is 31.9 Å². The molecule has 0 spiro atoms. The molecule has 12 heteroatoms. The lowest BCUT2D eigenvalue weighted by atomic mass is 9.98. The van der Waals surface area contributed by atoms with Crippen LogP contribution in [0.2, 0.25) is 0 Å². The summed E-state index contributed by atoms with van der Waals surface area (Å²) < 4.78 is 14.8. The number of hydrogen-bond acceptors (Lipinski definition) is 7. The summed E-state index contributed by atoms with van der Waals surface area (Å²) in [7, 11) is 0. The lowest BCUT2D eigenvalue weighted by Crippen LogP contribution is -2.44. The van der Waals surface area contributed by atoms with Gasteiger partial charge in [0.25, 0.3) is 0 Å². The molecule has 29 heavy (non-hydrogen) atoms. The zero-order valence-electron chi connectivity index (χ0n) is 16.5. The summed E-state index contributed by atoms with van der Waals surface area (Å²) in [5.41, 5.74) is -0.295. The number of alkyl halides is 2. The van der Waals surface area contributed by atoms with Gasteiger partial charge in [-0.25, -0.2) is 14.4 Å². The van der Waals surface area contributed by atoms with Crippen LogP contribution in [-0.2, 0) is 28.6 Å². The fourth-order valence-electron chi connectivity index (χ4n) is 1.41. The van der Waals surface area contributed by atoms with Crippen LogP contribution in [0, 0.1) is 5.41 Å². The van der Waals surface area contributed by atoms with E-state index in [9.17, 15) is 14.4 Å². The molecular weight excluding hydrogens is 524 g/mol. The molecule has 0 rings (SSSR count). The number of ether oxygens (including phenoxy) is 3. The Kier molecular flexibility index (Phi) is 15.4. The van der Waals surface area contributed by atoms with Gasteiger partial charge in [0.1, 0.15) is 0 Å². The van der Waals surface area contributed by atoms with Gasteiger partial charge in [-0.2, -0.15) is 0 Å². The first kappa shape index (κ1) is 30.1. The highest BCUT2D eigenvalue weighted by molar-refractivity contribution is 9.25. The maximum atomic E-state index is 11.3. The number of carboxylic acids is 3. The van der Waals surface area contributed by atoms with Crippen LogP contribution < -0.4 is 0 Å². The first-order chi connectivity index (χ1) is 13.2. The van der Waals surface area contributed by atoms with E-state index in [1.165, 1.54) is 0 Å². The largest absolute Gasteiger partial charge is 0.479 e. The third-order valence-electron chi connectivity index (χ3n) is 3.07. The maximum absolute atomic E-state index is 11.3. The van der Waals surface area contributed by atoms with Crippen LogP contribution in [0.1, 0.15) is 27.2 Å². The van der Waals surface area contributed by atoms with Gasteiger partial charge in [0.15, 0.2) is 15.6 Å². The highest BCUT2D eigenvalue weighted by Gasteiger charge is 2.39. The molecule has 0 radical (unpaired) electrons. The fourth-order valence-corrected chi connectivity index (χ4v) is 1.74. The molecule has 0 amide bonds. The summed E-state index contributed by atoms with van der Waals surface area (Å²) in [5, 5.41) is 34.6. The van der Waals surface area contributed by atoms with Crippen molar-refractivity contribution in [2.45, 2.75) is 42.8 Å². The second-order valence-corrected chi connectivity index (χ2v) is 9.79. The third-order valence-corrected chi connectivity index (χ3v) is 5.91. The van der Waals surface area contributed by atoms with E-state index in [-0.39, 0.29) is 38.3 Å². The fraction of sp³-hybridized carbons (Fsp3) is 0.706. The van der Waals surface area contributed by atoms with E-state index in [0.717, 1.165) is 6.08 Å². The van der Waals surface area contributed by atoms with E-state index in [0.29, 0.717) is 0 Å². The molecule has 0 bridgehead atoms. The Bertz CT molecular complexity index is 531. The number of carbonyl (C=O) groups is 3. The summed E-state index contributed by atoms with van der Waals surface area (Å²) in [5.74, 6) is -3.89. The van der Waals surface area contributed by atoms with Crippen molar-refractivity contribution in [1.29, 1.82) is 0 Å². The molecular formula is C17H28Br2O10. The molecule has 10 nitrogen and oxygen atoms in total. The van der Waals surface area contributed by atoms with Crippen molar-refractivity contribution in [3.63, 3.8) is 0 Å². The third kappa shape index (κ3) is 13.7. The molecule has 0 saturated carbocycles. The molecule has 4 N–H and O–H groups in total. The van der Waals surface area contributed by atoms with Crippen molar-refractivity contribution in [3.05, 3.63) is 12.7 Å². The Morgan fingerprint density at radius 1 is 0.966 bits per heavy atom. The minimum Gasteiger partial charge on any atom is -0.479 e. The minimum absolute atomic E-state index is 0.0283. The van der Waals surface area contributed by atoms with Crippen molar-refractivity contribution in [3.8, 4) is 0 Å². The number of aliphatic hydroxyl groups is 1. The lowest BCUT2D eigenvalue weighted by molar-refractivity contribution is -0.178. The van der Waals surface area contributed by atoms with Gasteiger partial charge in [0.2, 0.25) is 0 Å². The molecule has 0 aliphatic rings. The van der Waals surface area contributed by atoms with Crippen molar-refractivity contribution >= 4 is 49.8 Å². The van der Waals surface area contributed by atoms with Crippen LogP contribution in [0.25, 0.3) is 0 Å². The molecule has 0 aromatic carbocycles. The number of hydrogen-bond donors (Lipinski definition) is 4. The Balaban J connectivity index is 0. The van der Waals surface area contributed by atoms with Crippen LogP contribution in [0.5, 0.6) is 0 Å². The molecule has 0 heterocycles. The number of carboxylic acid groups (broad SMARTS) is 3. The van der Waals surface area contributed by atoms with E-state index in [1.807, 2.05) is 20.8 Å². The van der Waals surface area contributed by atoms with Gasteiger partial charge < -0.3 is 34.6 Å². The van der Waals surface area contributed by atoms with Crippen molar-refractivity contribution < 1.29 is 49.0 Å². The predicted octanol–water partition coefficient (Wildman–Crippen LogP) is 2.07. The molecule has 0 saturated heterocycles. The Morgan fingerprint density at radius 3 is 1.69 bits per heavy atom. The molecule has 170 valence electrons. The normalized spacial score (nSPS) is 13.6. The van der Waals surface area contributed by atoms with Gasteiger partial charge in [-0.15, -0.1) is 0 Å². The highest BCUT2D eigenvalue weighted by Crippen LogP contribution is 2.44. The first-order valence-corrected chi connectivity index (χ1v) is 9.96. The smallest absolute Gasteiger partial charge is 0.336 e. The number of halogens is 2. The van der Waals surface area contributed by atoms with Crippen molar-refractivity contribution in [2.75, 3.05) is 26.4 Å². The van der Waals surface area contributed by atoms with Gasteiger partial charge in [0, 0.05) is 18.1 Å². The number of aliphatic hydroxyl groups excluding tert-OH is 1. The minimum atomic E-state index is -1.68. The molecule has 2 unspecified atom stereocenters. The van der Waals surface area contributed by atoms with E-state index < -0.39 is 33.5 Å². The standard InChI is InChI=1S/C14H24Br2O8.C3H4O2/c1-13(2,3)14(15,16)24-8-7-23-10(12(20)21)9(11(18)19)22-6-4-5-17;1-2-3(4)5/h9-10,17H,4-8H2,1-3H3,(H,18,19)(H,20,21);2H,1H2,(H,4,5). The topological polar surface area (TPSA) is 160 Å². The molecule has 0 aliphatic heterocycles. The summed E-state index contributed by atoms with van der Waals surface area (Å²) >= 11 is 6.75. The monoisotopic (exact) mass is 550 g/mol. The Morgan fingerprint density at radius 2 is 1.38 bits per heavy atom. The first-order valence-electron chi connectivity index (χ1n) is 8.38. The Labute approximate surface area is 186 Å².